The van der Waals surface area contributed by atoms with Crippen LogP contribution in [0.4, 0.5) is 0 Å². The third-order valence-corrected chi connectivity index (χ3v) is 11.8. The summed E-state index contributed by atoms with van der Waals surface area (Å²) in [5.41, 5.74) is 0.250. The van der Waals surface area contributed by atoms with Gasteiger partial charge in [-0.25, -0.2) is 0 Å². The maximum atomic E-state index is 11.6. The molecule has 4 saturated carbocycles. The number of hydrogen-bond acceptors (Lipinski definition) is 3. The van der Waals surface area contributed by atoms with Gasteiger partial charge in [-0.15, -0.1) is 0 Å². The molecule has 0 radical (unpaired) electrons. The van der Waals surface area contributed by atoms with E-state index in [0.29, 0.717) is 20.4 Å². The average molecular weight is 442 g/mol. The fraction of sp³-hybridized carbons (Fsp3) is 1.00. The molecule has 5 fully saturated rings. The van der Waals surface area contributed by atoms with Gasteiger partial charge >= 0.3 is 171 Å². The Morgan fingerprint density at radius 1 is 0.926 bits per heavy atom. The molecule has 0 bridgehead atoms. The number of ether oxygens (including phenoxy) is 2. The van der Waals surface area contributed by atoms with Gasteiger partial charge in [0.05, 0.1) is 0 Å². The Bertz CT molecular complexity index is 590. The molecule has 3 unspecified atom stereocenters. The van der Waals surface area contributed by atoms with E-state index in [1.165, 1.54) is 38.5 Å². The van der Waals surface area contributed by atoms with E-state index in [4.69, 9.17) is 9.47 Å². The summed E-state index contributed by atoms with van der Waals surface area (Å²) in [4.78, 5) is 0. The summed E-state index contributed by atoms with van der Waals surface area (Å²) in [6.45, 7) is 6.63. The second kappa shape index (κ2) is 6.45. The van der Waals surface area contributed by atoms with E-state index < -0.39 is 0 Å². The van der Waals surface area contributed by atoms with Crippen LogP contribution in [0.1, 0.15) is 71.6 Å². The van der Waals surface area contributed by atoms with Gasteiger partial charge in [0.25, 0.3) is 0 Å². The van der Waals surface area contributed by atoms with Crippen molar-refractivity contribution >= 4 is 15.0 Å². The Hall–Kier alpha value is 0.399. The Morgan fingerprint density at radius 3 is 2.41 bits per heavy atom. The summed E-state index contributed by atoms with van der Waals surface area (Å²) >= 11 is 0.562. The molecule has 1 aliphatic heterocycles. The Morgan fingerprint density at radius 2 is 1.67 bits per heavy atom. The molecule has 154 valence electrons. The molecule has 4 heteroatoms. The van der Waals surface area contributed by atoms with Crippen molar-refractivity contribution in [2.75, 3.05) is 13.2 Å². The van der Waals surface area contributed by atoms with E-state index in [1.54, 1.807) is 0 Å². The molecule has 0 aromatic rings. The van der Waals surface area contributed by atoms with Crippen LogP contribution in [0.25, 0.3) is 0 Å². The first-order valence-electron chi connectivity index (χ1n) is 11.4. The van der Waals surface area contributed by atoms with E-state index >= 15 is 0 Å². The first-order chi connectivity index (χ1) is 12.9. The van der Waals surface area contributed by atoms with Crippen molar-refractivity contribution in [1.82, 2.24) is 0 Å². The van der Waals surface area contributed by atoms with Crippen molar-refractivity contribution in [2.24, 2.45) is 34.5 Å². The second-order valence-electron chi connectivity index (χ2n) is 10.9. The molecular formula is C23H38O3Se. The molecule has 7 atom stereocenters. The molecule has 0 aromatic carbocycles. The van der Waals surface area contributed by atoms with Gasteiger partial charge in [-0.05, 0) is 0 Å². The van der Waals surface area contributed by atoms with E-state index in [0.717, 1.165) is 61.5 Å². The summed E-state index contributed by atoms with van der Waals surface area (Å²) in [7, 11) is 0. The second-order valence-corrected chi connectivity index (χ2v) is 12.7. The van der Waals surface area contributed by atoms with E-state index in [2.05, 4.69) is 19.7 Å². The topological polar surface area (TPSA) is 38.7 Å². The number of hydrogen-bond donors (Lipinski definition) is 1. The SMILES string of the molecule is C[Se]C[C@]1(O)CCC2C3CC[C@H]4CC5(CC[C@]4(C)C3CC[C@@]21C)OCCO5. The van der Waals surface area contributed by atoms with Gasteiger partial charge in [0.2, 0.25) is 0 Å². The summed E-state index contributed by atoms with van der Waals surface area (Å²) in [5, 5.41) is 12.6. The molecule has 0 aromatic heterocycles. The third-order valence-electron chi connectivity index (χ3n) is 10.2. The quantitative estimate of drug-likeness (QED) is 0.633. The van der Waals surface area contributed by atoms with Crippen LogP contribution in [0.3, 0.4) is 0 Å². The Balaban J connectivity index is 1.39. The van der Waals surface area contributed by atoms with Gasteiger partial charge in [-0.1, -0.05) is 0 Å². The number of fused-ring (bicyclic) bond motifs is 5. The van der Waals surface area contributed by atoms with Crippen molar-refractivity contribution in [1.29, 1.82) is 0 Å². The molecule has 1 heterocycles. The van der Waals surface area contributed by atoms with Crippen LogP contribution in [0.2, 0.25) is 11.1 Å². The van der Waals surface area contributed by atoms with Gasteiger partial charge < -0.3 is 0 Å². The van der Waals surface area contributed by atoms with Crippen LogP contribution in [0.15, 0.2) is 0 Å². The van der Waals surface area contributed by atoms with Gasteiger partial charge in [0.1, 0.15) is 0 Å². The van der Waals surface area contributed by atoms with Crippen LogP contribution < -0.4 is 0 Å². The fourth-order valence-corrected chi connectivity index (χ4v) is 10.5. The first-order valence-corrected chi connectivity index (χ1v) is 14.3. The van der Waals surface area contributed by atoms with Crippen molar-refractivity contribution in [3.8, 4) is 0 Å². The normalized spacial score (nSPS) is 53.8. The maximum absolute atomic E-state index is 11.6. The third kappa shape index (κ3) is 2.62. The van der Waals surface area contributed by atoms with Crippen LogP contribution in [-0.4, -0.2) is 44.7 Å². The summed E-state index contributed by atoms with van der Waals surface area (Å²) in [5.74, 6) is 5.25. The monoisotopic (exact) mass is 442 g/mol. The number of aliphatic hydroxyl groups is 1. The number of rotatable bonds is 2. The molecular weight excluding hydrogens is 403 g/mol. The molecule has 27 heavy (non-hydrogen) atoms. The predicted octanol–water partition coefficient (Wildman–Crippen LogP) is 4.67. The van der Waals surface area contributed by atoms with Gasteiger partial charge in [0, 0.05) is 0 Å². The molecule has 3 nitrogen and oxygen atoms in total. The molecule has 1 spiro atoms. The van der Waals surface area contributed by atoms with Crippen LogP contribution in [0, 0.1) is 34.5 Å². The van der Waals surface area contributed by atoms with E-state index in [9.17, 15) is 5.11 Å². The van der Waals surface area contributed by atoms with Gasteiger partial charge in [-0.2, -0.15) is 0 Å². The molecule has 5 rings (SSSR count). The van der Waals surface area contributed by atoms with Crippen molar-refractivity contribution < 1.29 is 14.6 Å². The zero-order chi connectivity index (χ0) is 18.9. The predicted molar refractivity (Wildman–Crippen MR) is 108 cm³/mol. The van der Waals surface area contributed by atoms with Crippen molar-refractivity contribution in [3.05, 3.63) is 0 Å². The standard InChI is InChI=1S/C23H38O3Se/c1-20-10-11-23(25-12-13-26-23)14-16(20)4-5-17-18(20)6-8-21(2)19(17)7-9-22(21,24)15-27-3/h16-19,24H,4-15H2,1-3H3/t16-,17?,18?,19?,20-,21-,22+/m0/s1. The molecule has 4 aliphatic carbocycles. The summed E-state index contributed by atoms with van der Waals surface area (Å²) in [6.07, 6.45) is 11.1. The Kier molecular flexibility index (Phi) is 4.62. The molecule has 1 N–H and O–H groups in total. The minimum atomic E-state index is -0.378. The minimum absolute atomic E-state index is 0.169. The van der Waals surface area contributed by atoms with Gasteiger partial charge in [-0.3, -0.25) is 0 Å². The van der Waals surface area contributed by atoms with Gasteiger partial charge in [0.15, 0.2) is 0 Å². The van der Waals surface area contributed by atoms with E-state index in [1.807, 2.05) is 0 Å². The first kappa shape index (κ1) is 19.4. The molecule has 1 saturated heterocycles. The Labute approximate surface area is 171 Å². The van der Waals surface area contributed by atoms with Crippen LogP contribution >= 0.6 is 0 Å². The zero-order valence-electron chi connectivity index (χ0n) is 17.5. The molecule has 5 aliphatic rings. The van der Waals surface area contributed by atoms with Crippen LogP contribution in [0.5, 0.6) is 0 Å². The average Bonchev–Trinajstić information content (AvgIpc) is 3.19. The zero-order valence-corrected chi connectivity index (χ0v) is 19.2. The van der Waals surface area contributed by atoms with E-state index in [-0.39, 0.29) is 16.8 Å². The summed E-state index contributed by atoms with van der Waals surface area (Å²) < 4.78 is 12.2. The molecule has 0 amide bonds. The van der Waals surface area contributed by atoms with Crippen molar-refractivity contribution in [2.45, 2.75) is 94.2 Å². The fourth-order valence-electron chi connectivity index (χ4n) is 8.54. The van der Waals surface area contributed by atoms with Crippen molar-refractivity contribution in [3.63, 3.8) is 0 Å². The van der Waals surface area contributed by atoms with Crippen LogP contribution in [-0.2, 0) is 9.47 Å². The summed E-state index contributed by atoms with van der Waals surface area (Å²) in [6, 6.07) is 0.